The quantitative estimate of drug-likeness (QED) is 0.289. The fourth-order valence-corrected chi connectivity index (χ4v) is 5.66. The molecule has 2 heterocycles. The summed E-state index contributed by atoms with van der Waals surface area (Å²) in [5.41, 5.74) is 4.98. The van der Waals surface area contributed by atoms with Crippen LogP contribution in [0.1, 0.15) is 28.8 Å². The van der Waals surface area contributed by atoms with Gasteiger partial charge in [-0.2, -0.15) is 0 Å². The van der Waals surface area contributed by atoms with Gasteiger partial charge in [0, 0.05) is 41.8 Å². The Kier molecular flexibility index (Phi) is 7.38. The lowest BCUT2D eigenvalue weighted by Crippen LogP contribution is -2.53. The van der Waals surface area contributed by atoms with Crippen LogP contribution in [0, 0.1) is 0 Å². The van der Waals surface area contributed by atoms with Gasteiger partial charge in [0.1, 0.15) is 11.9 Å². The molecule has 4 aromatic rings. The van der Waals surface area contributed by atoms with E-state index < -0.39 is 0 Å². The summed E-state index contributed by atoms with van der Waals surface area (Å²) < 4.78 is 0. The summed E-state index contributed by atoms with van der Waals surface area (Å²) in [6.45, 7) is 2.81. The standard InChI is InChI=1S/C32H28Cl2N4O/c33-25-14-10-23(11-15-25)29-30(24-12-16-26(34)17-13-24)38(32(39)37-20-18-35-19-21-37)31(36-29)28-9-5-4-8-27(28)22-6-2-1-3-7-22/h1-17,29-30,35H,18-21H2/t29-,30+/m1/s1. The minimum atomic E-state index is -0.357. The van der Waals surface area contributed by atoms with Gasteiger partial charge in [-0.15, -0.1) is 0 Å². The Labute approximate surface area is 238 Å². The van der Waals surface area contributed by atoms with Gasteiger partial charge in [-0.3, -0.25) is 9.89 Å². The van der Waals surface area contributed by atoms with Crippen LogP contribution >= 0.6 is 23.2 Å². The summed E-state index contributed by atoms with van der Waals surface area (Å²) >= 11 is 12.5. The van der Waals surface area contributed by atoms with Crippen LogP contribution in [0.5, 0.6) is 0 Å². The molecule has 0 aliphatic carbocycles. The van der Waals surface area contributed by atoms with E-state index >= 15 is 0 Å². The molecule has 39 heavy (non-hydrogen) atoms. The molecule has 0 radical (unpaired) electrons. The van der Waals surface area contributed by atoms with Gasteiger partial charge in [0.25, 0.3) is 0 Å². The average molecular weight is 556 g/mol. The largest absolute Gasteiger partial charge is 0.326 e. The monoisotopic (exact) mass is 554 g/mol. The number of aliphatic imine (C=N–C) groups is 1. The van der Waals surface area contributed by atoms with Crippen LogP contribution in [-0.2, 0) is 0 Å². The number of carbonyl (C=O) groups is 1. The number of halogens is 2. The fraction of sp³-hybridized carbons (Fsp3) is 0.188. The molecule has 1 fully saturated rings. The highest BCUT2D eigenvalue weighted by molar-refractivity contribution is 6.30. The molecule has 0 unspecified atom stereocenters. The molecule has 0 saturated carbocycles. The van der Waals surface area contributed by atoms with E-state index in [9.17, 15) is 4.79 Å². The molecule has 7 heteroatoms. The smallest absolute Gasteiger partial charge is 0.322 e. The Morgan fingerprint density at radius 1 is 0.718 bits per heavy atom. The van der Waals surface area contributed by atoms with Gasteiger partial charge in [-0.1, -0.05) is 102 Å². The second-order valence-corrected chi connectivity index (χ2v) is 10.6. The third-order valence-corrected chi connectivity index (χ3v) is 7.84. The molecule has 2 aliphatic rings. The molecule has 0 aromatic heterocycles. The summed E-state index contributed by atoms with van der Waals surface area (Å²) in [7, 11) is 0. The van der Waals surface area contributed by atoms with Crippen molar-refractivity contribution in [1.82, 2.24) is 15.1 Å². The highest BCUT2D eigenvalue weighted by atomic mass is 35.5. The van der Waals surface area contributed by atoms with Crippen molar-refractivity contribution >= 4 is 35.1 Å². The summed E-state index contributed by atoms with van der Waals surface area (Å²) in [6, 6.07) is 33.2. The van der Waals surface area contributed by atoms with E-state index in [4.69, 9.17) is 28.2 Å². The Balaban J connectivity index is 1.55. The van der Waals surface area contributed by atoms with Crippen LogP contribution in [0.3, 0.4) is 0 Å². The lowest BCUT2D eigenvalue weighted by molar-refractivity contribution is 0.157. The van der Waals surface area contributed by atoms with Crippen LogP contribution < -0.4 is 5.32 Å². The number of nitrogens with zero attached hydrogens (tertiary/aromatic N) is 3. The van der Waals surface area contributed by atoms with Crippen LogP contribution in [0.2, 0.25) is 10.0 Å². The van der Waals surface area contributed by atoms with Gasteiger partial charge >= 0.3 is 6.03 Å². The first-order valence-electron chi connectivity index (χ1n) is 13.1. The first kappa shape index (κ1) is 25.6. The Morgan fingerprint density at radius 3 is 1.92 bits per heavy atom. The number of carbonyl (C=O) groups excluding carboxylic acids is 1. The Morgan fingerprint density at radius 2 is 1.28 bits per heavy atom. The number of rotatable bonds is 4. The van der Waals surface area contributed by atoms with Gasteiger partial charge in [0.2, 0.25) is 0 Å². The van der Waals surface area contributed by atoms with E-state index in [1.807, 2.05) is 88.7 Å². The normalized spacial score (nSPS) is 19.2. The van der Waals surface area contributed by atoms with Crippen molar-refractivity contribution in [3.63, 3.8) is 0 Å². The zero-order chi connectivity index (χ0) is 26.8. The summed E-state index contributed by atoms with van der Waals surface area (Å²) in [5, 5.41) is 4.66. The first-order valence-corrected chi connectivity index (χ1v) is 13.9. The second kappa shape index (κ2) is 11.2. The van der Waals surface area contributed by atoms with E-state index in [1.165, 1.54) is 0 Å². The molecule has 0 spiro atoms. The van der Waals surface area contributed by atoms with E-state index in [0.29, 0.717) is 29.0 Å². The van der Waals surface area contributed by atoms with Crippen LogP contribution in [0.25, 0.3) is 11.1 Å². The number of hydrogen-bond acceptors (Lipinski definition) is 3. The van der Waals surface area contributed by atoms with E-state index in [0.717, 1.165) is 40.9 Å². The molecule has 5 nitrogen and oxygen atoms in total. The van der Waals surface area contributed by atoms with Crippen molar-refractivity contribution in [2.45, 2.75) is 12.1 Å². The molecule has 1 N–H and O–H groups in total. The number of benzene rings is 4. The molecular formula is C32H28Cl2N4O. The summed E-state index contributed by atoms with van der Waals surface area (Å²) in [5.74, 6) is 0.665. The third-order valence-electron chi connectivity index (χ3n) is 7.34. The molecule has 4 aromatic carbocycles. The van der Waals surface area contributed by atoms with Gasteiger partial charge in [0.15, 0.2) is 0 Å². The number of amides is 2. The maximum absolute atomic E-state index is 14.4. The number of hydrogen-bond donors (Lipinski definition) is 1. The highest BCUT2D eigenvalue weighted by Crippen LogP contribution is 2.45. The lowest BCUT2D eigenvalue weighted by atomic mass is 9.93. The van der Waals surface area contributed by atoms with E-state index in [-0.39, 0.29) is 18.1 Å². The summed E-state index contributed by atoms with van der Waals surface area (Å²) in [6.07, 6.45) is 0. The average Bonchev–Trinajstić information content (AvgIpc) is 3.39. The number of nitrogens with one attached hydrogen (secondary N) is 1. The van der Waals surface area contributed by atoms with Crippen molar-refractivity contribution in [2.75, 3.05) is 26.2 Å². The topological polar surface area (TPSA) is 47.9 Å². The lowest BCUT2D eigenvalue weighted by Gasteiger charge is -2.36. The molecule has 2 amide bonds. The van der Waals surface area contributed by atoms with Crippen LogP contribution in [0.15, 0.2) is 108 Å². The minimum Gasteiger partial charge on any atom is -0.322 e. The second-order valence-electron chi connectivity index (χ2n) is 9.75. The first-order chi connectivity index (χ1) is 19.1. The number of amidine groups is 1. The molecule has 196 valence electrons. The molecule has 6 rings (SSSR count). The van der Waals surface area contributed by atoms with Crippen molar-refractivity contribution in [1.29, 1.82) is 0 Å². The molecule has 1 saturated heterocycles. The zero-order valence-electron chi connectivity index (χ0n) is 21.3. The number of urea groups is 1. The Bertz CT molecular complexity index is 1480. The molecule has 2 atom stereocenters. The van der Waals surface area contributed by atoms with Gasteiger partial charge in [0.05, 0.1) is 6.04 Å². The Hall–Kier alpha value is -3.64. The zero-order valence-corrected chi connectivity index (χ0v) is 22.8. The van der Waals surface area contributed by atoms with Crippen LogP contribution in [0.4, 0.5) is 4.79 Å². The van der Waals surface area contributed by atoms with Crippen molar-refractivity contribution in [2.24, 2.45) is 4.99 Å². The summed E-state index contributed by atoms with van der Waals surface area (Å²) in [4.78, 5) is 23.6. The van der Waals surface area contributed by atoms with Crippen LogP contribution in [-0.4, -0.2) is 47.8 Å². The fourth-order valence-electron chi connectivity index (χ4n) is 5.41. The molecule has 0 bridgehead atoms. The van der Waals surface area contributed by atoms with Crippen molar-refractivity contribution in [3.8, 4) is 11.1 Å². The van der Waals surface area contributed by atoms with E-state index in [1.54, 1.807) is 0 Å². The van der Waals surface area contributed by atoms with Crippen molar-refractivity contribution < 1.29 is 4.79 Å². The predicted octanol–water partition coefficient (Wildman–Crippen LogP) is 7.23. The minimum absolute atomic E-state index is 0.0467. The number of piperazine rings is 1. The third kappa shape index (κ3) is 5.18. The molecule has 2 aliphatic heterocycles. The van der Waals surface area contributed by atoms with Crippen molar-refractivity contribution in [3.05, 3.63) is 130 Å². The predicted molar refractivity (Wildman–Crippen MR) is 158 cm³/mol. The maximum Gasteiger partial charge on any atom is 0.326 e. The van der Waals surface area contributed by atoms with Gasteiger partial charge in [-0.05, 0) is 46.5 Å². The SMILES string of the molecule is O=C(N1CCNCC1)N1C(c2ccccc2-c2ccccc2)=N[C@H](c2ccc(Cl)cc2)[C@@H]1c1ccc(Cl)cc1. The van der Waals surface area contributed by atoms with Gasteiger partial charge in [-0.25, -0.2) is 4.79 Å². The molecular weight excluding hydrogens is 527 g/mol. The van der Waals surface area contributed by atoms with Gasteiger partial charge < -0.3 is 10.2 Å². The maximum atomic E-state index is 14.4. The highest BCUT2D eigenvalue weighted by Gasteiger charge is 2.44. The van der Waals surface area contributed by atoms with E-state index in [2.05, 4.69) is 29.6 Å².